The minimum Gasteiger partial charge on any atom is -0.439 e. The van der Waals surface area contributed by atoms with Crippen molar-refractivity contribution in [1.29, 1.82) is 0 Å². The fourth-order valence-corrected chi connectivity index (χ4v) is 2.46. The molecule has 0 aliphatic rings. The number of nitrogens with zero attached hydrogens (tertiary/aromatic N) is 2. The molecule has 6 nitrogen and oxygen atoms in total. The van der Waals surface area contributed by atoms with Crippen LogP contribution in [0.25, 0.3) is 0 Å². The standard InChI is InChI=1S/C21H29FN4O2.HI/c1-3-23-21(25-12-5-6-14-27-4-2)26-16-17-9-8-13-24-20(17)28-19-11-7-10-18(22)15-19;/h7-11,13,15H,3-6,12,14,16H2,1-2H3,(H2,23,25,26);1H. The molecule has 0 bridgehead atoms. The number of benzene rings is 1. The Morgan fingerprint density at radius 3 is 2.76 bits per heavy atom. The highest BCUT2D eigenvalue weighted by atomic mass is 127. The monoisotopic (exact) mass is 516 g/mol. The summed E-state index contributed by atoms with van der Waals surface area (Å²) in [4.78, 5) is 8.87. The molecule has 0 fully saturated rings. The third-order valence-corrected chi connectivity index (χ3v) is 3.82. The smallest absolute Gasteiger partial charge is 0.224 e. The van der Waals surface area contributed by atoms with Gasteiger partial charge < -0.3 is 20.1 Å². The van der Waals surface area contributed by atoms with E-state index in [-0.39, 0.29) is 29.8 Å². The number of halogens is 2. The quantitative estimate of drug-likeness (QED) is 0.199. The van der Waals surface area contributed by atoms with Gasteiger partial charge in [-0.15, -0.1) is 24.0 Å². The minimum atomic E-state index is -0.351. The number of unbranched alkanes of at least 4 members (excludes halogenated alkanes) is 1. The molecule has 0 amide bonds. The zero-order chi connectivity index (χ0) is 20.0. The summed E-state index contributed by atoms with van der Waals surface area (Å²) in [6, 6.07) is 9.73. The van der Waals surface area contributed by atoms with Crippen LogP contribution in [0.2, 0.25) is 0 Å². The van der Waals surface area contributed by atoms with Crippen molar-refractivity contribution >= 4 is 29.9 Å². The average Bonchev–Trinajstić information content (AvgIpc) is 2.69. The van der Waals surface area contributed by atoms with Gasteiger partial charge in [-0.3, -0.25) is 0 Å². The lowest BCUT2D eigenvalue weighted by Gasteiger charge is -2.12. The lowest BCUT2D eigenvalue weighted by Crippen LogP contribution is -2.37. The minimum absolute atomic E-state index is 0. The van der Waals surface area contributed by atoms with Crippen molar-refractivity contribution in [2.24, 2.45) is 4.99 Å². The second-order valence-corrected chi connectivity index (χ2v) is 6.05. The molecule has 0 aliphatic carbocycles. The molecular weight excluding hydrogens is 486 g/mol. The Labute approximate surface area is 189 Å². The number of rotatable bonds is 11. The highest BCUT2D eigenvalue weighted by Gasteiger charge is 2.07. The third kappa shape index (κ3) is 9.89. The lowest BCUT2D eigenvalue weighted by molar-refractivity contribution is 0.143. The lowest BCUT2D eigenvalue weighted by atomic mass is 10.2. The van der Waals surface area contributed by atoms with Crippen molar-refractivity contribution in [3.05, 3.63) is 54.0 Å². The summed E-state index contributed by atoms with van der Waals surface area (Å²) in [5.41, 5.74) is 0.820. The molecular formula is C21H30FIN4O2. The van der Waals surface area contributed by atoms with E-state index in [1.807, 2.05) is 26.0 Å². The zero-order valence-electron chi connectivity index (χ0n) is 17.0. The number of aliphatic imine (C=N–C) groups is 1. The molecule has 0 saturated carbocycles. The van der Waals surface area contributed by atoms with Crippen LogP contribution in [0.1, 0.15) is 32.3 Å². The van der Waals surface area contributed by atoms with E-state index >= 15 is 0 Å². The molecule has 0 saturated heterocycles. The number of pyridine rings is 1. The SMILES string of the molecule is CCNC(=NCc1cccnc1Oc1cccc(F)c1)NCCCCOCC.I. The van der Waals surface area contributed by atoms with Gasteiger partial charge in [0.15, 0.2) is 5.96 Å². The highest BCUT2D eigenvalue weighted by Crippen LogP contribution is 2.23. The molecule has 0 unspecified atom stereocenters. The predicted molar refractivity (Wildman–Crippen MR) is 125 cm³/mol. The first-order chi connectivity index (χ1) is 13.7. The first-order valence-electron chi connectivity index (χ1n) is 9.70. The van der Waals surface area contributed by atoms with Crippen LogP contribution in [0.4, 0.5) is 4.39 Å². The van der Waals surface area contributed by atoms with Gasteiger partial charge in [0.1, 0.15) is 11.6 Å². The van der Waals surface area contributed by atoms with Gasteiger partial charge >= 0.3 is 0 Å². The molecule has 2 rings (SSSR count). The van der Waals surface area contributed by atoms with Crippen LogP contribution in [0, 0.1) is 5.82 Å². The third-order valence-electron chi connectivity index (χ3n) is 3.82. The van der Waals surface area contributed by atoms with Gasteiger partial charge in [-0.1, -0.05) is 12.1 Å². The van der Waals surface area contributed by atoms with Gasteiger partial charge in [-0.2, -0.15) is 0 Å². The van der Waals surface area contributed by atoms with Crippen molar-refractivity contribution in [3.8, 4) is 11.6 Å². The summed E-state index contributed by atoms with van der Waals surface area (Å²) in [6.45, 7) is 7.54. The predicted octanol–water partition coefficient (Wildman–Crippen LogP) is 4.50. The first kappa shape index (κ1) is 25.1. The van der Waals surface area contributed by atoms with Gasteiger partial charge in [0.25, 0.3) is 0 Å². The molecule has 29 heavy (non-hydrogen) atoms. The van der Waals surface area contributed by atoms with Crippen molar-refractivity contribution in [1.82, 2.24) is 15.6 Å². The number of ether oxygens (including phenoxy) is 2. The van der Waals surface area contributed by atoms with Gasteiger partial charge in [0, 0.05) is 44.1 Å². The second-order valence-electron chi connectivity index (χ2n) is 6.05. The maximum absolute atomic E-state index is 13.4. The Hall–Kier alpha value is -1.94. The van der Waals surface area contributed by atoms with Crippen molar-refractivity contribution in [3.63, 3.8) is 0 Å². The Kier molecular flexibility index (Phi) is 13.0. The summed E-state index contributed by atoms with van der Waals surface area (Å²) in [7, 11) is 0. The fourth-order valence-electron chi connectivity index (χ4n) is 2.46. The number of nitrogens with one attached hydrogen (secondary N) is 2. The summed E-state index contributed by atoms with van der Waals surface area (Å²) < 4.78 is 24.5. The van der Waals surface area contributed by atoms with Crippen molar-refractivity contribution < 1.29 is 13.9 Å². The van der Waals surface area contributed by atoms with E-state index in [0.29, 0.717) is 18.2 Å². The van der Waals surface area contributed by atoms with Gasteiger partial charge in [-0.25, -0.2) is 14.4 Å². The largest absolute Gasteiger partial charge is 0.439 e. The molecule has 0 radical (unpaired) electrons. The van der Waals surface area contributed by atoms with Crippen LogP contribution in [0.5, 0.6) is 11.6 Å². The summed E-state index contributed by atoms with van der Waals surface area (Å²) in [6.07, 6.45) is 3.66. The molecule has 2 N–H and O–H groups in total. The van der Waals surface area contributed by atoms with E-state index < -0.39 is 0 Å². The van der Waals surface area contributed by atoms with E-state index in [4.69, 9.17) is 9.47 Å². The maximum atomic E-state index is 13.4. The van der Waals surface area contributed by atoms with Crippen LogP contribution in [0.3, 0.4) is 0 Å². The molecule has 160 valence electrons. The maximum Gasteiger partial charge on any atom is 0.224 e. The molecule has 1 heterocycles. The van der Waals surface area contributed by atoms with Crippen LogP contribution in [-0.4, -0.2) is 37.2 Å². The summed E-state index contributed by atoms with van der Waals surface area (Å²) in [5, 5.41) is 6.55. The topological polar surface area (TPSA) is 67.8 Å². The Morgan fingerprint density at radius 1 is 1.14 bits per heavy atom. The fraction of sp³-hybridized carbons (Fsp3) is 0.429. The number of hydrogen-bond donors (Lipinski definition) is 2. The molecule has 0 atom stereocenters. The first-order valence-corrected chi connectivity index (χ1v) is 9.70. The molecule has 2 aromatic rings. The summed E-state index contributed by atoms with van der Waals surface area (Å²) in [5.74, 6) is 1.21. The van der Waals surface area contributed by atoms with Crippen LogP contribution >= 0.6 is 24.0 Å². The van der Waals surface area contributed by atoms with Crippen molar-refractivity contribution in [2.75, 3.05) is 26.3 Å². The van der Waals surface area contributed by atoms with Gasteiger partial charge in [0.05, 0.1) is 6.54 Å². The van der Waals surface area contributed by atoms with E-state index in [1.54, 1.807) is 18.3 Å². The van der Waals surface area contributed by atoms with E-state index in [9.17, 15) is 4.39 Å². The van der Waals surface area contributed by atoms with Crippen LogP contribution in [0.15, 0.2) is 47.6 Å². The van der Waals surface area contributed by atoms with Gasteiger partial charge in [-0.05, 0) is 44.9 Å². The molecule has 0 aliphatic heterocycles. The Bertz CT molecular complexity index is 746. The van der Waals surface area contributed by atoms with Crippen LogP contribution in [-0.2, 0) is 11.3 Å². The normalized spacial score (nSPS) is 10.9. The molecule has 0 spiro atoms. The van der Waals surface area contributed by atoms with Crippen molar-refractivity contribution in [2.45, 2.75) is 33.2 Å². The molecule has 1 aromatic heterocycles. The average molecular weight is 516 g/mol. The van der Waals surface area contributed by atoms with E-state index in [0.717, 1.165) is 50.7 Å². The molecule has 1 aromatic carbocycles. The van der Waals surface area contributed by atoms with E-state index in [1.165, 1.54) is 12.1 Å². The Balaban J connectivity index is 0.00000420. The number of guanidine groups is 1. The molecule has 8 heteroatoms. The summed E-state index contributed by atoms with van der Waals surface area (Å²) >= 11 is 0. The highest BCUT2D eigenvalue weighted by molar-refractivity contribution is 14.0. The van der Waals surface area contributed by atoms with Gasteiger partial charge in [0.2, 0.25) is 5.88 Å². The Morgan fingerprint density at radius 2 is 2.00 bits per heavy atom. The number of aromatic nitrogens is 1. The number of hydrogen-bond acceptors (Lipinski definition) is 4. The van der Waals surface area contributed by atoms with Crippen LogP contribution < -0.4 is 15.4 Å². The zero-order valence-corrected chi connectivity index (χ0v) is 19.3. The van der Waals surface area contributed by atoms with E-state index in [2.05, 4.69) is 20.6 Å². The second kappa shape index (κ2) is 15.0.